The molecular formula is C27H27N3O3. The van der Waals surface area contributed by atoms with Crippen LogP contribution in [0.15, 0.2) is 91.0 Å². The molecule has 168 valence electrons. The summed E-state index contributed by atoms with van der Waals surface area (Å²) in [7, 11) is 0. The highest BCUT2D eigenvalue weighted by Crippen LogP contribution is 2.24. The van der Waals surface area contributed by atoms with Gasteiger partial charge in [0.2, 0.25) is 11.8 Å². The summed E-state index contributed by atoms with van der Waals surface area (Å²) in [4.78, 5) is 40.6. The van der Waals surface area contributed by atoms with Crippen LogP contribution in [0.1, 0.15) is 34.8 Å². The first-order valence-corrected chi connectivity index (χ1v) is 11.2. The summed E-state index contributed by atoms with van der Waals surface area (Å²) in [5, 5.41) is 5.85. The molecule has 3 amide bonds. The molecule has 0 saturated carbocycles. The average molecular weight is 442 g/mol. The lowest BCUT2D eigenvalue weighted by molar-refractivity contribution is -0.136. The SMILES string of the molecule is O=C(NC(C(=O)N1CCC(C(=O)Nc2ccccc2)CC1)c1ccccc1)c1ccccc1. The molecule has 1 atom stereocenters. The van der Waals surface area contributed by atoms with Gasteiger partial charge in [0.25, 0.3) is 5.91 Å². The van der Waals surface area contributed by atoms with Crippen LogP contribution in [-0.2, 0) is 9.59 Å². The first-order valence-electron chi connectivity index (χ1n) is 11.2. The van der Waals surface area contributed by atoms with E-state index < -0.39 is 6.04 Å². The van der Waals surface area contributed by atoms with Crippen LogP contribution in [0.5, 0.6) is 0 Å². The number of piperidine rings is 1. The Hall–Kier alpha value is -3.93. The van der Waals surface area contributed by atoms with Gasteiger partial charge in [-0.25, -0.2) is 0 Å². The van der Waals surface area contributed by atoms with E-state index in [1.807, 2.05) is 66.7 Å². The monoisotopic (exact) mass is 441 g/mol. The topological polar surface area (TPSA) is 78.5 Å². The average Bonchev–Trinajstić information content (AvgIpc) is 2.88. The van der Waals surface area contributed by atoms with Gasteiger partial charge in [-0.05, 0) is 42.7 Å². The van der Waals surface area contributed by atoms with Crippen LogP contribution in [0.3, 0.4) is 0 Å². The van der Waals surface area contributed by atoms with Crippen LogP contribution in [0.4, 0.5) is 5.69 Å². The van der Waals surface area contributed by atoms with Gasteiger partial charge in [-0.15, -0.1) is 0 Å². The molecule has 3 aromatic rings. The molecule has 1 unspecified atom stereocenters. The Morgan fingerprint density at radius 2 is 1.30 bits per heavy atom. The molecule has 3 aromatic carbocycles. The lowest BCUT2D eigenvalue weighted by Gasteiger charge is -2.34. The van der Waals surface area contributed by atoms with E-state index in [4.69, 9.17) is 0 Å². The highest BCUT2D eigenvalue weighted by Gasteiger charge is 2.32. The zero-order chi connectivity index (χ0) is 23.0. The third kappa shape index (κ3) is 5.66. The number of rotatable bonds is 6. The number of amides is 3. The maximum atomic E-state index is 13.4. The zero-order valence-electron chi connectivity index (χ0n) is 18.3. The highest BCUT2D eigenvalue weighted by molar-refractivity contribution is 5.98. The Balaban J connectivity index is 1.41. The molecule has 1 saturated heterocycles. The van der Waals surface area contributed by atoms with Gasteiger partial charge in [0, 0.05) is 30.3 Å². The summed E-state index contributed by atoms with van der Waals surface area (Å²) < 4.78 is 0. The third-order valence-electron chi connectivity index (χ3n) is 5.91. The lowest BCUT2D eigenvalue weighted by atomic mass is 9.94. The van der Waals surface area contributed by atoms with E-state index >= 15 is 0 Å². The number of carbonyl (C=O) groups is 3. The highest BCUT2D eigenvalue weighted by atomic mass is 16.2. The third-order valence-corrected chi connectivity index (χ3v) is 5.91. The molecule has 1 fully saturated rings. The summed E-state index contributed by atoms with van der Waals surface area (Å²) in [6.07, 6.45) is 1.16. The fraction of sp³-hybridized carbons (Fsp3) is 0.222. The van der Waals surface area contributed by atoms with E-state index in [-0.39, 0.29) is 23.6 Å². The predicted octanol–water partition coefficient (Wildman–Crippen LogP) is 4.04. The molecule has 0 aliphatic carbocycles. The van der Waals surface area contributed by atoms with Gasteiger partial charge < -0.3 is 15.5 Å². The molecule has 6 nitrogen and oxygen atoms in total. The maximum absolute atomic E-state index is 13.4. The Kier molecular flexibility index (Phi) is 7.15. The molecule has 0 spiro atoms. The van der Waals surface area contributed by atoms with Crippen molar-refractivity contribution in [1.29, 1.82) is 0 Å². The van der Waals surface area contributed by atoms with Crippen LogP contribution in [0.2, 0.25) is 0 Å². The quantitative estimate of drug-likeness (QED) is 0.606. The number of nitrogens with zero attached hydrogens (tertiary/aromatic N) is 1. The van der Waals surface area contributed by atoms with Crippen molar-refractivity contribution in [2.75, 3.05) is 18.4 Å². The molecular weight excluding hydrogens is 414 g/mol. The number of hydrogen-bond donors (Lipinski definition) is 2. The fourth-order valence-corrected chi connectivity index (χ4v) is 4.05. The molecule has 4 rings (SSSR count). The summed E-state index contributed by atoms with van der Waals surface area (Å²) in [5.74, 6) is -0.629. The van der Waals surface area contributed by atoms with Gasteiger partial charge in [0.15, 0.2) is 0 Å². The van der Waals surface area contributed by atoms with Crippen molar-refractivity contribution in [1.82, 2.24) is 10.2 Å². The summed E-state index contributed by atoms with van der Waals surface area (Å²) >= 11 is 0. The van der Waals surface area contributed by atoms with Gasteiger partial charge in [-0.1, -0.05) is 66.7 Å². The van der Waals surface area contributed by atoms with E-state index in [9.17, 15) is 14.4 Å². The summed E-state index contributed by atoms with van der Waals surface area (Å²) in [5.41, 5.74) is 2.01. The molecule has 2 N–H and O–H groups in total. The molecule has 1 heterocycles. The second-order valence-electron chi connectivity index (χ2n) is 8.14. The summed E-state index contributed by atoms with van der Waals surface area (Å²) in [6.45, 7) is 0.937. The predicted molar refractivity (Wildman–Crippen MR) is 127 cm³/mol. The molecule has 1 aliphatic heterocycles. The van der Waals surface area contributed by atoms with Gasteiger partial charge in [0.1, 0.15) is 6.04 Å². The number of benzene rings is 3. The second kappa shape index (κ2) is 10.6. The zero-order valence-corrected chi connectivity index (χ0v) is 18.3. The lowest BCUT2D eigenvalue weighted by Crippen LogP contribution is -2.47. The van der Waals surface area contributed by atoms with Crippen LogP contribution in [-0.4, -0.2) is 35.7 Å². The number of likely N-dealkylation sites (tertiary alicyclic amines) is 1. The van der Waals surface area contributed by atoms with Crippen molar-refractivity contribution in [3.05, 3.63) is 102 Å². The van der Waals surface area contributed by atoms with Crippen molar-refractivity contribution < 1.29 is 14.4 Å². The number of carbonyl (C=O) groups excluding carboxylic acids is 3. The Labute approximate surface area is 193 Å². The minimum Gasteiger partial charge on any atom is -0.341 e. The van der Waals surface area contributed by atoms with E-state index in [1.54, 1.807) is 29.2 Å². The minimum absolute atomic E-state index is 0.0229. The number of nitrogens with one attached hydrogen (secondary N) is 2. The van der Waals surface area contributed by atoms with Gasteiger partial charge in [-0.3, -0.25) is 14.4 Å². The smallest absolute Gasteiger partial charge is 0.252 e. The van der Waals surface area contributed by atoms with Crippen molar-refractivity contribution >= 4 is 23.4 Å². The standard InChI is InChI=1S/C27H27N3O3/c31-25(28-23-14-8-3-9-15-23)22-16-18-30(19-17-22)27(33)24(20-10-4-1-5-11-20)29-26(32)21-12-6-2-7-13-21/h1-15,22,24H,16-19H2,(H,28,31)(H,29,32). The Morgan fingerprint density at radius 3 is 1.91 bits per heavy atom. The molecule has 33 heavy (non-hydrogen) atoms. The first kappa shape index (κ1) is 22.3. The van der Waals surface area contributed by atoms with E-state index in [2.05, 4.69) is 10.6 Å². The molecule has 0 radical (unpaired) electrons. The van der Waals surface area contributed by atoms with E-state index in [1.165, 1.54) is 0 Å². The first-order chi connectivity index (χ1) is 16.1. The maximum Gasteiger partial charge on any atom is 0.252 e. The van der Waals surface area contributed by atoms with Gasteiger partial charge >= 0.3 is 0 Å². The van der Waals surface area contributed by atoms with E-state index in [0.29, 0.717) is 31.5 Å². The largest absolute Gasteiger partial charge is 0.341 e. The van der Waals surface area contributed by atoms with Crippen molar-refractivity contribution in [2.45, 2.75) is 18.9 Å². The summed E-state index contributed by atoms with van der Waals surface area (Å²) in [6, 6.07) is 26.7. The normalized spacial score (nSPS) is 14.8. The van der Waals surface area contributed by atoms with Gasteiger partial charge in [-0.2, -0.15) is 0 Å². The van der Waals surface area contributed by atoms with Crippen LogP contribution in [0, 0.1) is 5.92 Å². The van der Waals surface area contributed by atoms with Crippen LogP contribution >= 0.6 is 0 Å². The number of anilines is 1. The van der Waals surface area contributed by atoms with E-state index in [0.717, 1.165) is 11.3 Å². The number of hydrogen-bond acceptors (Lipinski definition) is 3. The van der Waals surface area contributed by atoms with Crippen molar-refractivity contribution in [2.24, 2.45) is 5.92 Å². The molecule has 1 aliphatic rings. The minimum atomic E-state index is -0.784. The molecule has 0 bridgehead atoms. The van der Waals surface area contributed by atoms with Crippen molar-refractivity contribution in [3.8, 4) is 0 Å². The van der Waals surface area contributed by atoms with Crippen LogP contribution in [0.25, 0.3) is 0 Å². The molecule has 6 heteroatoms. The van der Waals surface area contributed by atoms with Gasteiger partial charge in [0.05, 0.1) is 0 Å². The fourth-order valence-electron chi connectivity index (χ4n) is 4.05. The van der Waals surface area contributed by atoms with Crippen molar-refractivity contribution in [3.63, 3.8) is 0 Å². The number of para-hydroxylation sites is 1. The second-order valence-corrected chi connectivity index (χ2v) is 8.14. The van der Waals surface area contributed by atoms with Crippen LogP contribution < -0.4 is 10.6 Å². The Morgan fingerprint density at radius 1 is 0.758 bits per heavy atom. The Bertz CT molecular complexity index is 1080. The molecule has 0 aromatic heterocycles.